The SMILES string of the molecule is C=CCON(C(=O)[C@H](C)NC(=O)OCC1c2ccccc2-c2ccccc21)[C@@H](C(=O)N[C@H](C(=O)OCc1ccccc1)C(C)C)C(C)C. The topological polar surface area (TPSA) is 123 Å². The number of esters is 1. The lowest BCUT2D eigenvalue weighted by atomic mass is 9.98. The summed E-state index contributed by atoms with van der Waals surface area (Å²) in [6.45, 7) is 12.3. The van der Waals surface area contributed by atoms with Gasteiger partial charge in [-0.05, 0) is 46.6 Å². The maximum Gasteiger partial charge on any atom is 0.407 e. The van der Waals surface area contributed by atoms with Gasteiger partial charge in [0.15, 0.2) is 0 Å². The van der Waals surface area contributed by atoms with Gasteiger partial charge >= 0.3 is 12.1 Å². The highest BCUT2D eigenvalue weighted by Gasteiger charge is 2.39. The lowest BCUT2D eigenvalue weighted by Crippen LogP contribution is -2.59. The molecule has 254 valence electrons. The maximum absolute atomic E-state index is 13.8. The summed E-state index contributed by atoms with van der Waals surface area (Å²) in [5, 5.41) is 6.30. The van der Waals surface area contributed by atoms with Gasteiger partial charge in [-0.15, -0.1) is 6.58 Å². The molecule has 0 aliphatic heterocycles. The van der Waals surface area contributed by atoms with Crippen LogP contribution < -0.4 is 10.6 Å². The molecule has 3 amide bonds. The second kappa shape index (κ2) is 16.7. The van der Waals surface area contributed by atoms with E-state index in [-0.39, 0.29) is 31.7 Å². The Morgan fingerprint density at radius 2 is 1.38 bits per heavy atom. The van der Waals surface area contributed by atoms with Crippen LogP contribution >= 0.6 is 0 Å². The van der Waals surface area contributed by atoms with Crippen molar-refractivity contribution in [2.45, 2.75) is 65.3 Å². The molecule has 10 nitrogen and oxygen atoms in total. The number of alkyl carbamates (subject to hydrolysis) is 1. The van der Waals surface area contributed by atoms with Crippen LogP contribution in [-0.2, 0) is 35.3 Å². The van der Waals surface area contributed by atoms with Crippen LogP contribution in [0, 0.1) is 11.8 Å². The van der Waals surface area contributed by atoms with Gasteiger partial charge in [0.1, 0.15) is 31.3 Å². The molecule has 0 saturated carbocycles. The molecular weight excluding hydrogens is 610 g/mol. The van der Waals surface area contributed by atoms with E-state index in [4.69, 9.17) is 14.3 Å². The second-order valence-electron chi connectivity index (χ2n) is 12.5. The largest absolute Gasteiger partial charge is 0.459 e. The molecule has 0 heterocycles. The summed E-state index contributed by atoms with van der Waals surface area (Å²) in [4.78, 5) is 59.3. The summed E-state index contributed by atoms with van der Waals surface area (Å²) < 4.78 is 11.1. The van der Waals surface area contributed by atoms with E-state index >= 15 is 0 Å². The zero-order valence-corrected chi connectivity index (χ0v) is 28.2. The van der Waals surface area contributed by atoms with Gasteiger partial charge in [0, 0.05) is 5.92 Å². The van der Waals surface area contributed by atoms with E-state index in [1.807, 2.05) is 78.9 Å². The Hall–Kier alpha value is -4.96. The number of nitrogens with zero attached hydrogens (tertiary/aromatic N) is 1. The summed E-state index contributed by atoms with van der Waals surface area (Å²) in [6.07, 6.45) is 0.657. The van der Waals surface area contributed by atoms with Crippen molar-refractivity contribution in [3.8, 4) is 11.1 Å². The van der Waals surface area contributed by atoms with E-state index < -0.39 is 47.9 Å². The van der Waals surface area contributed by atoms with Gasteiger partial charge in [0.25, 0.3) is 5.91 Å². The Bertz CT molecular complexity index is 1540. The minimum atomic E-state index is -1.15. The molecule has 3 atom stereocenters. The molecule has 48 heavy (non-hydrogen) atoms. The van der Waals surface area contributed by atoms with Crippen molar-refractivity contribution in [3.05, 3.63) is 108 Å². The first kappa shape index (κ1) is 35.9. The molecule has 2 N–H and O–H groups in total. The van der Waals surface area contributed by atoms with Crippen LogP contribution in [0.3, 0.4) is 0 Å². The number of nitrogens with one attached hydrogen (secondary N) is 2. The Morgan fingerprint density at radius 3 is 1.94 bits per heavy atom. The zero-order chi connectivity index (χ0) is 34.8. The average Bonchev–Trinajstić information content (AvgIpc) is 3.40. The number of benzene rings is 3. The molecule has 3 aromatic carbocycles. The fourth-order valence-corrected chi connectivity index (χ4v) is 5.72. The molecule has 0 unspecified atom stereocenters. The van der Waals surface area contributed by atoms with E-state index in [1.54, 1.807) is 27.7 Å². The lowest BCUT2D eigenvalue weighted by Gasteiger charge is -2.34. The molecule has 0 spiro atoms. The number of carbonyl (C=O) groups is 4. The van der Waals surface area contributed by atoms with Gasteiger partial charge in [0.05, 0.1) is 6.61 Å². The van der Waals surface area contributed by atoms with Crippen LogP contribution in [0.25, 0.3) is 11.1 Å². The Labute approximate surface area is 282 Å². The van der Waals surface area contributed by atoms with Gasteiger partial charge in [-0.3, -0.25) is 14.4 Å². The fourth-order valence-electron chi connectivity index (χ4n) is 5.72. The van der Waals surface area contributed by atoms with E-state index in [2.05, 4.69) is 17.2 Å². The Balaban J connectivity index is 1.42. The highest BCUT2D eigenvalue weighted by molar-refractivity contribution is 5.92. The minimum absolute atomic E-state index is 0.0541. The first-order valence-corrected chi connectivity index (χ1v) is 16.2. The molecule has 1 aliphatic carbocycles. The molecule has 3 aromatic rings. The highest BCUT2D eigenvalue weighted by atomic mass is 16.7. The lowest BCUT2D eigenvalue weighted by molar-refractivity contribution is -0.204. The molecule has 0 aromatic heterocycles. The molecule has 0 fully saturated rings. The third-order valence-electron chi connectivity index (χ3n) is 8.19. The molecule has 0 bridgehead atoms. The van der Waals surface area contributed by atoms with Gasteiger partial charge < -0.3 is 20.1 Å². The van der Waals surface area contributed by atoms with Crippen molar-refractivity contribution in [2.24, 2.45) is 11.8 Å². The summed E-state index contributed by atoms with van der Waals surface area (Å²) in [5.41, 5.74) is 5.14. The van der Waals surface area contributed by atoms with E-state index in [1.165, 1.54) is 13.0 Å². The van der Waals surface area contributed by atoms with Gasteiger partial charge in [0.2, 0.25) is 5.91 Å². The number of carbonyl (C=O) groups excluding carboxylic acids is 4. The maximum atomic E-state index is 13.8. The fraction of sp³-hybridized carbons (Fsp3) is 0.368. The van der Waals surface area contributed by atoms with Crippen molar-refractivity contribution in [2.75, 3.05) is 13.2 Å². The van der Waals surface area contributed by atoms with E-state index in [9.17, 15) is 19.2 Å². The third-order valence-corrected chi connectivity index (χ3v) is 8.19. The van der Waals surface area contributed by atoms with E-state index in [0.29, 0.717) is 0 Å². The van der Waals surface area contributed by atoms with Crippen molar-refractivity contribution in [3.63, 3.8) is 0 Å². The molecule has 10 heteroatoms. The molecule has 1 aliphatic rings. The predicted molar refractivity (Wildman–Crippen MR) is 182 cm³/mol. The molecule has 0 radical (unpaired) electrons. The second-order valence-corrected chi connectivity index (χ2v) is 12.5. The number of hydrogen-bond donors (Lipinski definition) is 2. The molecular formula is C38H45N3O7. The van der Waals surface area contributed by atoms with Crippen molar-refractivity contribution in [1.82, 2.24) is 15.7 Å². The summed E-state index contributed by atoms with van der Waals surface area (Å²) in [7, 11) is 0. The number of rotatable bonds is 15. The van der Waals surface area contributed by atoms with Gasteiger partial charge in [-0.2, -0.15) is 0 Å². The molecule has 0 saturated heterocycles. The van der Waals surface area contributed by atoms with Crippen LogP contribution in [0.1, 0.15) is 57.2 Å². The quantitative estimate of drug-likeness (QED) is 0.121. The minimum Gasteiger partial charge on any atom is -0.459 e. The Kier molecular flexibility index (Phi) is 12.5. The molecule has 4 rings (SSSR count). The number of amides is 3. The summed E-state index contributed by atoms with van der Waals surface area (Å²) in [6, 6.07) is 22.0. The number of fused-ring (bicyclic) bond motifs is 3. The van der Waals surface area contributed by atoms with Crippen molar-refractivity contribution >= 4 is 23.9 Å². The standard InChI is InChI=1S/C38H45N3O7/c1-7-21-48-41(34(25(4)5)35(42)40-33(24(2)3)37(44)46-22-27-15-9-8-10-16-27)36(43)26(6)39-38(45)47-23-32-30-19-13-11-17-28(30)29-18-12-14-20-31(29)32/h7-20,24-26,32-34H,1,21-23H2,2-6H3,(H,39,45)(H,40,42)/t26-,33-,34+/m0/s1. The first-order valence-electron chi connectivity index (χ1n) is 16.2. The Morgan fingerprint density at radius 1 is 0.792 bits per heavy atom. The van der Waals surface area contributed by atoms with Crippen LogP contribution in [0.4, 0.5) is 4.79 Å². The zero-order valence-electron chi connectivity index (χ0n) is 28.2. The average molecular weight is 656 g/mol. The van der Waals surface area contributed by atoms with Crippen LogP contribution in [-0.4, -0.2) is 60.3 Å². The third kappa shape index (κ3) is 8.68. The first-order chi connectivity index (χ1) is 23.0. The summed E-state index contributed by atoms with van der Waals surface area (Å²) >= 11 is 0. The van der Waals surface area contributed by atoms with Crippen molar-refractivity contribution in [1.29, 1.82) is 0 Å². The number of hydroxylamine groups is 2. The van der Waals surface area contributed by atoms with Gasteiger partial charge in [-0.25, -0.2) is 14.7 Å². The van der Waals surface area contributed by atoms with Crippen LogP contribution in [0.2, 0.25) is 0 Å². The number of ether oxygens (including phenoxy) is 2. The smallest absolute Gasteiger partial charge is 0.407 e. The normalized spacial score (nSPS) is 13.9. The van der Waals surface area contributed by atoms with Gasteiger partial charge in [-0.1, -0.05) is 113 Å². The van der Waals surface area contributed by atoms with Crippen LogP contribution in [0.5, 0.6) is 0 Å². The van der Waals surface area contributed by atoms with Crippen LogP contribution in [0.15, 0.2) is 91.5 Å². The monoisotopic (exact) mass is 655 g/mol. The van der Waals surface area contributed by atoms with Crippen molar-refractivity contribution < 1.29 is 33.5 Å². The summed E-state index contributed by atoms with van der Waals surface area (Å²) in [5.74, 6) is -2.77. The predicted octanol–water partition coefficient (Wildman–Crippen LogP) is 5.77. The number of hydrogen-bond acceptors (Lipinski definition) is 7. The van der Waals surface area contributed by atoms with E-state index in [0.717, 1.165) is 32.9 Å². The highest BCUT2D eigenvalue weighted by Crippen LogP contribution is 2.44.